The van der Waals surface area contributed by atoms with Crippen LogP contribution in [0.2, 0.25) is 0 Å². The van der Waals surface area contributed by atoms with Crippen molar-refractivity contribution in [3.8, 4) is 12.3 Å². The summed E-state index contributed by atoms with van der Waals surface area (Å²) < 4.78 is 3.54. The third kappa shape index (κ3) is 3.55. The van der Waals surface area contributed by atoms with E-state index in [-0.39, 0.29) is 6.54 Å². The van der Waals surface area contributed by atoms with E-state index in [0.29, 0.717) is 5.00 Å². The molecule has 16 heavy (non-hydrogen) atoms. The van der Waals surface area contributed by atoms with Crippen molar-refractivity contribution < 1.29 is 14.7 Å². The van der Waals surface area contributed by atoms with E-state index in [2.05, 4.69) is 20.8 Å². The smallest absolute Gasteiger partial charge is 0.323 e. The average molecular weight is 240 g/mol. The molecule has 1 aromatic rings. The second-order valence-electron chi connectivity index (χ2n) is 2.67. The number of nitrogens with zero attached hydrogens (tertiary/aromatic N) is 3. The summed E-state index contributed by atoms with van der Waals surface area (Å²) in [7, 11) is 0. The fraction of sp³-hybridized carbons (Fsp3) is 0.250. The number of nitrogens with one attached hydrogen (secondary N) is 1. The molecule has 0 saturated heterocycles. The Morgan fingerprint density at radius 1 is 1.69 bits per heavy atom. The molecule has 0 unspecified atom stereocenters. The molecule has 0 fully saturated rings. The summed E-state index contributed by atoms with van der Waals surface area (Å²) >= 11 is 0.987. The third-order valence-corrected chi connectivity index (χ3v) is 2.07. The predicted molar refractivity (Wildman–Crippen MR) is 57.0 cm³/mol. The SMILES string of the molecule is C#CCN(CC(=O)O)C(=O)Nc1cnns1. The lowest BCUT2D eigenvalue weighted by atomic mass is 10.5. The Labute approximate surface area is 95.2 Å². The molecule has 0 atom stereocenters. The van der Waals surface area contributed by atoms with Crippen LogP contribution in [0.5, 0.6) is 0 Å². The lowest BCUT2D eigenvalue weighted by Crippen LogP contribution is -2.38. The Kier molecular flexibility index (Phi) is 4.23. The minimum absolute atomic E-state index is 0.0790. The molecule has 0 aliphatic heterocycles. The van der Waals surface area contributed by atoms with E-state index in [0.717, 1.165) is 16.4 Å². The number of terminal acetylenes is 1. The number of hydrogen-bond donors (Lipinski definition) is 2. The van der Waals surface area contributed by atoms with Gasteiger partial charge < -0.3 is 10.0 Å². The number of carboxylic acid groups (broad SMARTS) is 1. The third-order valence-electron chi connectivity index (χ3n) is 1.49. The number of aromatic nitrogens is 2. The lowest BCUT2D eigenvalue weighted by Gasteiger charge is -2.17. The van der Waals surface area contributed by atoms with Gasteiger partial charge in [0.2, 0.25) is 0 Å². The zero-order chi connectivity index (χ0) is 12.0. The largest absolute Gasteiger partial charge is 0.480 e. The molecule has 1 heterocycles. The van der Waals surface area contributed by atoms with E-state index in [9.17, 15) is 9.59 Å². The van der Waals surface area contributed by atoms with Crippen LogP contribution in [0, 0.1) is 12.3 Å². The van der Waals surface area contributed by atoms with Gasteiger partial charge in [-0.05, 0) is 0 Å². The summed E-state index contributed by atoms with van der Waals surface area (Å²) in [6.45, 7) is -0.535. The van der Waals surface area contributed by atoms with Gasteiger partial charge in [0.1, 0.15) is 11.5 Å². The van der Waals surface area contributed by atoms with Crippen LogP contribution in [-0.4, -0.2) is 44.7 Å². The van der Waals surface area contributed by atoms with Gasteiger partial charge in [0.25, 0.3) is 0 Å². The molecule has 2 N–H and O–H groups in total. The molecule has 0 aromatic carbocycles. The first-order chi connectivity index (χ1) is 7.63. The summed E-state index contributed by atoms with van der Waals surface area (Å²) in [5.41, 5.74) is 0. The van der Waals surface area contributed by atoms with Crippen LogP contribution in [0.15, 0.2) is 6.20 Å². The maximum atomic E-state index is 11.5. The number of carbonyl (C=O) groups excluding carboxylic acids is 1. The molecule has 2 amide bonds. The molecule has 0 saturated carbocycles. The fourth-order valence-electron chi connectivity index (χ4n) is 0.880. The second kappa shape index (κ2) is 5.67. The summed E-state index contributed by atoms with van der Waals surface area (Å²) in [5, 5.41) is 15.0. The Hall–Kier alpha value is -2.14. The zero-order valence-electron chi connectivity index (χ0n) is 8.08. The van der Waals surface area contributed by atoms with Gasteiger partial charge in [-0.25, -0.2) is 4.79 Å². The molecule has 0 aliphatic rings. The number of urea groups is 1. The Morgan fingerprint density at radius 2 is 2.44 bits per heavy atom. The molecule has 0 spiro atoms. The highest BCUT2D eigenvalue weighted by molar-refractivity contribution is 7.10. The monoisotopic (exact) mass is 240 g/mol. The van der Waals surface area contributed by atoms with Crippen LogP contribution in [0.1, 0.15) is 0 Å². The number of hydrogen-bond acceptors (Lipinski definition) is 5. The summed E-state index contributed by atoms with van der Waals surface area (Å²) in [6.07, 6.45) is 6.39. The van der Waals surface area contributed by atoms with Crippen molar-refractivity contribution in [3.05, 3.63) is 6.20 Å². The van der Waals surface area contributed by atoms with Crippen molar-refractivity contribution in [1.29, 1.82) is 0 Å². The van der Waals surface area contributed by atoms with Crippen molar-refractivity contribution in [1.82, 2.24) is 14.5 Å². The van der Waals surface area contributed by atoms with Gasteiger partial charge in [0.15, 0.2) is 0 Å². The molecule has 7 nitrogen and oxygen atoms in total. The summed E-state index contributed by atoms with van der Waals surface area (Å²) in [6, 6.07) is -0.591. The molecule has 0 radical (unpaired) electrons. The van der Waals surface area contributed by atoms with Crippen LogP contribution in [0.3, 0.4) is 0 Å². The van der Waals surface area contributed by atoms with E-state index in [1.807, 2.05) is 0 Å². The maximum Gasteiger partial charge on any atom is 0.323 e. The highest BCUT2D eigenvalue weighted by Crippen LogP contribution is 2.09. The number of carboxylic acids is 1. The molecular weight excluding hydrogens is 232 g/mol. The van der Waals surface area contributed by atoms with Gasteiger partial charge in [0.05, 0.1) is 12.7 Å². The highest BCUT2D eigenvalue weighted by Gasteiger charge is 2.16. The maximum absolute atomic E-state index is 11.5. The van der Waals surface area contributed by atoms with Crippen LogP contribution in [-0.2, 0) is 4.79 Å². The number of aliphatic carboxylic acids is 1. The van der Waals surface area contributed by atoms with E-state index < -0.39 is 18.5 Å². The van der Waals surface area contributed by atoms with Crippen LogP contribution >= 0.6 is 11.5 Å². The first-order valence-electron chi connectivity index (χ1n) is 4.12. The topological polar surface area (TPSA) is 95.4 Å². The van der Waals surface area contributed by atoms with E-state index in [4.69, 9.17) is 11.5 Å². The molecular formula is C8H8N4O3S. The van der Waals surface area contributed by atoms with Gasteiger partial charge in [-0.15, -0.1) is 11.5 Å². The average Bonchev–Trinajstić information content (AvgIpc) is 2.69. The Morgan fingerprint density at radius 3 is 2.94 bits per heavy atom. The van der Waals surface area contributed by atoms with Crippen molar-refractivity contribution in [2.75, 3.05) is 18.4 Å². The first-order valence-corrected chi connectivity index (χ1v) is 4.89. The number of rotatable bonds is 4. The summed E-state index contributed by atoms with van der Waals surface area (Å²) in [4.78, 5) is 23.0. The van der Waals surface area contributed by atoms with E-state index >= 15 is 0 Å². The van der Waals surface area contributed by atoms with Gasteiger partial charge in [-0.1, -0.05) is 10.4 Å². The van der Waals surface area contributed by atoms with Crippen molar-refractivity contribution in [2.45, 2.75) is 0 Å². The van der Waals surface area contributed by atoms with Crippen molar-refractivity contribution in [2.24, 2.45) is 0 Å². The van der Waals surface area contributed by atoms with Gasteiger partial charge >= 0.3 is 12.0 Å². The number of carbonyl (C=O) groups is 2. The van der Waals surface area contributed by atoms with Crippen LogP contribution in [0.4, 0.5) is 9.80 Å². The zero-order valence-corrected chi connectivity index (χ0v) is 8.90. The van der Waals surface area contributed by atoms with Gasteiger partial charge in [-0.3, -0.25) is 10.1 Å². The van der Waals surface area contributed by atoms with Crippen LogP contribution < -0.4 is 5.32 Å². The van der Waals surface area contributed by atoms with Gasteiger partial charge in [0, 0.05) is 11.5 Å². The standard InChI is InChI=1S/C8H8N4O3S/c1-2-3-12(5-7(13)14)8(15)10-6-4-9-11-16-6/h1,4H,3,5H2,(H,10,15)(H,13,14). The number of anilines is 1. The van der Waals surface area contributed by atoms with Crippen molar-refractivity contribution >= 4 is 28.5 Å². The molecule has 8 heteroatoms. The Balaban J connectivity index is 2.60. The highest BCUT2D eigenvalue weighted by atomic mass is 32.1. The quantitative estimate of drug-likeness (QED) is 0.727. The van der Waals surface area contributed by atoms with E-state index in [1.165, 1.54) is 6.20 Å². The first kappa shape index (κ1) is 11.9. The molecule has 1 rings (SSSR count). The fourth-order valence-corrected chi connectivity index (χ4v) is 1.29. The van der Waals surface area contributed by atoms with E-state index in [1.54, 1.807) is 0 Å². The molecule has 84 valence electrons. The molecule has 0 bridgehead atoms. The van der Waals surface area contributed by atoms with Crippen molar-refractivity contribution in [3.63, 3.8) is 0 Å². The predicted octanol–water partition coefficient (Wildman–Crippen LogP) is 0.0898. The van der Waals surface area contributed by atoms with Gasteiger partial charge in [-0.2, -0.15) is 0 Å². The summed E-state index contributed by atoms with van der Waals surface area (Å²) in [5.74, 6) is 1.08. The second-order valence-corrected chi connectivity index (χ2v) is 3.45. The van der Waals surface area contributed by atoms with Crippen LogP contribution in [0.25, 0.3) is 0 Å². The molecule has 0 aliphatic carbocycles. The minimum Gasteiger partial charge on any atom is -0.480 e. The molecule has 1 aromatic heterocycles. The minimum atomic E-state index is -1.13. The Bertz CT molecular complexity index is 411. The lowest BCUT2D eigenvalue weighted by molar-refractivity contribution is -0.137. The number of amides is 2. The normalized spacial score (nSPS) is 9.19.